The molecule has 1 rings (SSSR count). The van der Waals surface area contributed by atoms with Crippen molar-refractivity contribution in [3.05, 3.63) is 23.4 Å². The Labute approximate surface area is 102 Å². The fraction of sp³-hybridized carbons (Fsp3) is 0.222. The number of carbonyl (C=O) groups excluding carboxylic acids is 2. The molecule has 0 aliphatic carbocycles. The average Bonchev–Trinajstić information content (AvgIpc) is 2.20. The van der Waals surface area contributed by atoms with Crippen LogP contribution < -0.4 is 11.1 Å². The highest BCUT2D eigenvalue weighted by Crippen LogP contribution is 2.27. The van der Waals surface area contributed by atoms with Crippen molar-refractivity contribution in [1.82, 2.24) is 10.3 Å². The van der Waals surface area contributed by atoms with Crippen molar-refractivity contribution < 1.29 is 9.59 Å². The quantitative estimate of drug-likeness (QED) is 0.804. The zero-order chi connectivity index (χ0) is 12.1. The number of rotatable bonds is 3. The van der Waals surface area contributed by atoms with E-state index in [1.54, 1.807) is 25.3 Å². The van der Waals surface area contributed by atoms with Crippen LogP contribution in [-0.2, 0) is 4.79 Å². The molecule has 7 heteroatoms. The Morgan fingerprint density at radius 3 is 2.88 bits per heavy atom. The molecule has 3 amide bonds. The highest BCUT2D eigenvalue weighted by atomic mass is 35.5. The van der Waals surface area contributed by atoms with E-state index in [1.165, 1.54) is 0 Å². The van der Waals surface area contributed by atoms with Gasteiger partial charge in [0.2, 0.25) is 5.91 Å². The minimum Gasteiger partial charge on any atom is -0.351 e. The zero-order valence-corrected chi connectivity index (χ0v) is 10.0. The lowest BCUT2D eigenvalue weighted by molar-refractivity contribution is -0.119. The number of imide groups is 1. The van der Waals surface area contributed by atoms with Crippen LogP contribution in [0.1, 0.15) is 6.92 Å². The molecule has 1 aromatic heterocycles. The number of thioether (sulfide) groups is 1. The van der Waals surface area contributed by atoms with E-state index in [1.807, 2.05) is 5.32 Å². The lowest BCUT2D eigenvalue weighted by atomic mass is 10.4. The average molecular weight is 260 g/mol. The molecule has 86 valence electrons. The second kappa shape index (κ2) is 5.72. The zero-order valence-electron chi connectivity index (χ0n) is 8.44. The highest BCUT2D eigenvalue weighted by Gasteiger charge is 2.17. The lowest BCUT2D eigenvalue weighted by Gasteiger charge is -2.09. The third kappa shape index (κ3) is 3.71. The van der Waals surface area contributed by atoms with Gasteiger partial charge in [0.15, 0.2) is 0 Å². The Kier molecular flexibility index (Phi) is 4.57. The first kappa shape index (κ1) is 12.8. The van der Waals surface area contributed by atoms with Gasteiger partial charge >= 0.3 is 6.03 Å². The van der Waals surface area contributed by atoms with Gasteiger partial charge in [-0.3, -0.25) is 10.1 Å². The maximum Gasteiger partial charge on any atom is 0.318 e. The van der Waals surface area contributed by atoms with Crippen LogP contribution in [-0.4, -0.2) is 22.2 Å². The van der Waals surface area contributed by atoms with Crippen LogP contribution in [0.4, 0.5) is 4.79 Å². The summed E-state index contributed by atoms with van der Waals surface area (Å²) in [5.41, 5.74) is 4.83. The van der Waals surface area contributed by atoms with Crippen LogP contribution in [0, 0.1) is 0 Å². The normalized spacial score (nSPS) is 11.9. The number of carbonyl (C=O) groups is 2. The fourth-order valence-corrected chi connectivity index (χ4v) is 1.96. The van der Waals surface area contributed by atoms with Crippen molar-refractivity contribution in [3.8, 4) is 0 Å². The SMILES string of the molecule is CC(Sc1ncccc1Cl)C(=O)NC(N)=O. The third-order valence-corrected chi connectivity index (χ3v) is 3.16. The summed E-state index contributed by atoms with van der Waals surface area (Å²) in [6, 6.07) is 2.50. The molecule has 3 N–H and O–H groups in total. The number of halogens is 1. The van der Waals surface area contributed by atoms with Crippen molar-refractivity contribution in [2.75, 3.05) is 0 Å². The Morgan fingerprint density at radius 1 is 1.62 bits per heavy atom. The van der Waals surface area contributed by atoms with Gasteiger partial charge in [-0.15, -0.1) is 0 Å². The largest absolute Gasteiger partial charge is 0.351 e. The van der Waals surface area contributed by atoms with Gasteiger partial charge in [0.05, 0.1) is 10.3 Å². The summed E-state index contributed by atoms with van der Waals surface area (Å²) in [5.74, 6) is -0.473. The van der Waals surface area contributed by atoms with E-state index < -0.39 is 17.2 Å². The number of pyridine rings is 1. The topological polar surface area (TPSA) is 85.1 Å². The number of urea groups is 1. The minimum absolute atomic E-state index is 0.464. The van der Waals surface area contributed by atoms with Crippen LogP contribution in [0.25, 0.3) is 0 Å². The highest BCUT2D eigenvalue weighted by molar-refractivity contribution is 8.00. The second-order valence-corrected chi connectivity index (χ2v) is 4.64. The van der Waals surface area contributed by atoms with E-state index in [0.29, 0.717) is 10.0 Å². The van der Waals surface area contributed by atoms with E-state index >= 15 is 0 Å². The molecule has 0 aromatic carbocycles. The first-order chi connectivity index (χ1) is 7.50. The molecule has 0 radical (unpaired) electrons. The molecular formula is C9H10ClN3O2S. The summed E-state index contributed by atoms with van der Waals surface area (Å²) >= 11 is 7.03. The predicted octanol–water partition coefficient (Wildman–Crippen LogP) is 1.41. The molecule has 1 unspecified atom stereocenters. The number of nitrogens with one attached hydrogen (secondary N) is 1. The van der Waals surface area contributed by atoms with Crippen LogP contribution in [0.3, 0.4) is 0 Å². The molecule has 0 aliphatic rings. The van der Waals surface area contributed by atoms with Crippen molar-refractivity contribution in [2.45, 2.75) is 17.2 Å². The Bertz CT molecular complexity index is 413. The summed E-state index contributed by atoms with van der Waals surface area (Å²) in [6.07, 6.45) is 1.58. The Hall–Kier alpha value is -1.27. The number of nitrogens with two attached hydrogens (primary N) is 1. The van der Waals surface area contributed by atoms with Crippen molar-refractivity contribution in [1.29, 1.82) is 0 Å². The number of amides is 3. The van der Waals surface area contributed by atoms with Crippen molar-refractivity contribution >= 4 is 35.3 Å². The van der Waals surface area contributed by atoms with E-state index in [9.17, 15) is 9.59 Å². The smallest absolute Gasteiger partial charge is 0.318 e. The lowest BCUT2D eigenvalue weighted by Crippen LogP contribution is -2.39. The van der Waals surface area contributed by atoms with Crippen LogP contribution in [0.5, 0.6) is 0 Å². The second-order valence-electron chi connectivity index (χ2n) is 2.90. The Morgan fingerprint density at radius 2 is 2.31 bits per heavy atom. The van der Waals surface area contributed by atoms with Gasteiger partial charge in [0.1, 0.15) is 5.03 Å². The summed E-state index contributed by atoms with van der Waals surface area (Å²) < 4.78 is 0. The minimum atomic E-state index is -0.871. The standard InChI is InChI=1S/C9H10ClN3O2S/c1-5(7(14)13-9(11)15)16-8-6(10)3-2-4-12-8/h2-5H,1H3,(H3,11,13,14,15). The van der Waals surface area contributed by atoms with Crippen LogP contribution in [0.15, 0.2) is 23.4 Å². The van der Waals surface area contributed by atoms with Gasteiger partial charge in [-0.2, -0.15) is 0 Å². The van der Waals surface area contributed by atoms with Gasteiger partial charge < -0.3 is 5.73 Å². The number of hydrogen-bond donors (Lipinski definition) is 2. The van der Waals surface area contributed by atoms with Gasteiger partial charge in [-0.1, -0.05) is 23.4 Å². The van der Waals surface area contributed by atoms with E-state index in [0.717, 1.165) is 11.8 Å². The van der Waals surface area contributed by atoms with Crippen LogP contribution in [0.2, 0.25) is 5.02 Å². The first-order valence-corrected chi connectivity index (χ1v) is 5.64. The van der Waals surface area contributed by atoms with Gasteiger partial charge in [-0.05, 0) is 19.1 Å². The molecule has 0 spiro atoms. The van der Waals surface area contributed by atoms with E-state index in [-0.39, 0.29) is 0 Å². The van der Waals surface area contributed by atoms with Crippen LogP contribution >= 0.6 is 23.4 Å². The fourth-order valence-electron chi connectivity index (χ4n) is 0.902. The summed E-state index contributed by atoms with van der Waals surface area (Å²) in [5, 5.41) is 2.49. The molecule has 0 saturated carbocycles. The molecular weight excluding hydrogens is 250 g/mol. The van der Waals surface area contributed by atoms with Gasteiger partial charge in [0.25, 0.3) is 0 Å². The van der Waals surface area contributed by atoms with E-state index in [2.05, 4.69) is 4.98 Å². The van der Waals surface area contributed by atoms with Gasteiger partial charge in [-0.25, -0.2) is 9.78 Å². The number of hydrogen-bond acceptors (Lipinski definition) is 4. The number of nitrogens with zero attached hydrogens (tertiary/aromatic N) is 1. The molecule has 0 aliphatic heterocycles. The monoisotopic (exact) mass is 259 g/mol. The molecule has 0 saturated heterocycles. The van der Waals surface area contributed by atoms with Gasteiger partial charge in [0, 0.05) is 6.20 Å². The maximum absolute atomic E-state index is 11.4. The molecule has 1 aromatic rings. The number of primary amides is 1. The maximum atomic E-state index is 11.4. The summed E-state index contributed by atoms with van der Waals surface area (Å²) in [7, 11) is 0. The summed E-state index contributed by atoms with van der Waals surface area (Å²) in [6.45, 7) is 1.63. The molecule has 0 bridgehead atoms. The molecule has 1 heterocycles. The molecule has 16 heavy (non-hydrogen) atoms. The predicted molar refractivity (Wildman–Crippen MR) is 62.3 cm³/mol. The molecule has 1 atom stereocenters. The van der Waals surface area contributed by atoms with Crippen molar-refractivity contribution in [3.63, 3.8) is 0 Å². The first-order valence-electron chi connectivity index (χ1n) is 4.38. The molecule has 5 nitrogen and oxygen atoms in total. The third-order valence-electron chi connectivity index (χ3n) is 1.63. The molecule has 0 fully saturated rings. The van der Waals surface area contributed by atoms with E-state index in [4.69, 9.17) is 17.3 Å². The van der Waals surface area contributed by atoms with Crippen molar-refractivity contribution in [2.24, 2.45) is 5.73 Å². The summed E-state index contributed by atoms with van der Waals surface area (Å²) in [4.78, 5) is 25.9. The number of aromatic nitrogens is 1. The Balaban J connectivity index is 2.64.